The second kappa shape index (κ2) is 4.99. The Morgan fingerprint density at radius 2 is 2.07 bits per heavy atom. The molecule has 0 atom stereocenters. The number of rotatable bonds is 4. The van der Waals surface area contributed by atoms with Gasteiger partial charge in [-0.1, -0.05) is 44.1 Å². The third kappa shape index (κ3) is 2.25. The van der Waals surface area contributed by atoms with Crippen LogP contribution in [0.1, 0.15) is 32.6 Å². The molecule has 0 N–H and O–H groups in total. The number of methoxy groups -OCH3 is 1. The maximum absolute atomic E-state index is 11.7. The van der Waals surface area contributed by atoms with Crippen LogP contribution in [-0.2, 0) is 9.53 Å². The van der Waals surface area contributed by atoms with Crippen molar-refractivity contribution >= 4 is 5.97 Å². The van der Waals surface area contributed by atoms with E-state index in [9.17, 15) is 4.79 Å². The lowest BCUT2D eigenvalue weighted by atomic mass is 9.79. The van der Waals surface area contributed by atoms with Gasteiger partial charge in [0.25, 0.3) is 0 Å². The SMILES string of the molecule is CCCCC1(C(=O)OC)C=CCC=C1. The van der Waals surface area contributed by atoms with Crippen molar-refractivity contribution in [3.63, 3.8) is 0 Å². The van der Waals surface area contributed by atoms with Gasteiger partial charge in [0.15, 0.2) is 0 Å². The smallest absolute Gasteiger partial charge is 0.319 e. The van der Waals surface area contributed by atoms with E-state index >= 15 is 0 Å². The average Bonchev–Trinajstić information content (AvgIpc) is 2.26. The van der Waals surface area contributed by atoms with E-state index in [1.54, 1.807) is 0 Å². The van der Waals surface area contributed by atoms with Gasteiger partial charge in [-0.15, -0.1) is 0 Å². The van der Waals surface area contributed by atoms with Crippen LogP contribution in [0.25, 0.3) is 0 Å². The van der Waals surface area contributed by atoms with E-state index in [-0.39, 0.29) is 5.97 Å². The summed E-state index contributed by atoms with van der Waals surface area (Å²) in [6, 6.07) is 0. The van der Waals surface area contributed by atoms with Crippen LogP contribution in [0, 0.1) is 5.41 Å². The summed E-state index contributed by atoms with van der Waals surface area (Å²) in [6.45, 7) is 2.13. The molecule has 0 heterocycles. The van der Waals surface area contributed by atoms with E-state index in [0.29, 0.717) is 0 Å². The Kier molecular flexibility index (Phi) is 3.93. The molecule has 0 aromatic carbocycles. The molecule has 0 fully saturated rings. The van der Waals surface area contributed by atoms with Gasteiger partial charge in [0.05, 0.1) is 7.11 Å². The fraction of sp³-hybridized carbons (Fsp3) is 0.583. The van der Waals surface area contributed by atoms with Crippen LogP contribution in [0.4, 0.5) is 0 Å². The van der Waals surface area contributed by atoms with Crippen molar-refractivity contribution in [3.05, 3.63) is 24.3 Å². The summed E-state index contributed by atoms with van der Waals surface area (Å²) in [4.78, 5) is 11.7. The Bertz CT molecular complexity index is 239. The molecule has 0 amide bonds. The minimum absolute atomic E-state index is 0.141. The highest BCUT2D eigenvalue weighted by Crippen LogP contribution is 2.32. The molecule has 0 aliphatic heterocycles. The van der Waals surface area contributed by atoms with Crippen molar-refractivity contribution in [1.82, 2.24) is 0 Å². The van der Waals surface area contributed by atoms with Gasteiger partial charge in [0.2, 0.25) is 0 Å². The number of carbonyl (C=O) groups excluding carboxylic acids is 1. The normalized spacial score (nSPS) is 18.1. The third-order valence-corrected chi connectivity index (χ3v) is 2.61. The second-order valence-corrected chi connectivity index (χ2v) is 3.68. The molecule has 1 rings (SSSR count). The van der Waals surface area contributed by atoms with Gasteiger partial charge < -0.3 is 4.74 Å². The van der Waals surface area contributed by atoms with Crippen LogP contribution in [-0.4, -0.2) is 13.1 Å². The number of allylic oxidation sites excluding steroid dienone is 2. The molecule has 2 nitrogen and oxygen atoms in total. The van der Waals surface area contributed by atoms with E-state index in [2.05, 4.69) is 6.92 Å². The highest BCUT2D eigenvalue weighted by atomic mass is 16.5. The Morgan fingerprint density at radius 3 is 2.57 bits per heavy atom. The van der Waals surface area contributed by atoms with Gasteiger partial charge in [-0.3, -0.25) is 4.79 Å². The molecular weight excluding hydrogens is 176 g/mol. The molecule has 0 saturated carbocycles. The summed E-state index contributed by atoms with van der Waals surface area (Å²) < 4.78 is 4.85. The number of esters is 1. The first kappa shape index (κ1) is 11.0. The Labute approximate surface area is 85.6 Å². The molecule has 0 aromatic rings. The molecule has 0 unspecified atom stereocenters. The Morgan fingerprint density at radius 1 is 1.43 bits per heavy atom. The van der Waals surface area contributed by atoms with Crippen molar-refractivity contribution in [3.8, 4) is 0 Å². The highest BCUT2D eigenvalue weighted by Gasteiger charge is 2.34. The minimum atomic E-state index is -0.483. The first-order valence-electron chi connectivity index (χ1n) is 5.19. The number of carbonyl (C=O) groups is 1. The van der Waals surface area contributed by atoms with Crippen molar-refractivity contribution < 1.29 is 9.53 Å². The molecule has 0 aromatic heterocycles. The van der Waals surface area contributed by atoms with Gasteiger partial charge in [0.1, 0.15) is 5.41 Å². The van der Waals surface area contributed by atoms with Crippen LogP contribution in [0.5, 0.6) is 0 Å². The van der Waals surface area contributed by atoms with Gasteiger partial charge in [-0.2, -0.15) is 0 Å². The van der Waals surface area contributed by atoms with Crippen LogP contribution >= 0.6 is 0 Å². The standard InChI is InChI=1S/C12H18O2/c1-3-4-8-12(11(13)14-2)9-6-5-7-10-12/h6-7,9-10H,3-5,8H2,1-2H3. The topological polar surface area (TPSA) is 26.3 Å². The van der Waals surface area contributed by atoms with E-state index in [0.717, 1.165) is 25.7 Å². The van der Waals surface area contributed by atoms with Crippen molar-refractivity contribution in [2.24, 2.45) is 5.41 Å². The summed E-state index contributed by atoms with van der Waals surface area (Å²) in [6.07, 6.45) is 11.9. The van der Waals surface area contributed by atoms with Crippen LogP contribution in [0.3, 0.4) is 0 Å². The summed E-state index contributed by atoms with van der Waals surface area (Å²) >= 11 is 0. The minimum Gasteiger partial charge on any atom is -0.468 e. The summed E-state index contributed by atoms with van der Waals surface area (Å²) in [5.74, 6) is -0.141. The summed E-state index contributed by atoms with van der Waals surface area (Å²) in [5.41, 5.74) is -0.483. The molecule has 2 heteroatoms. The fourth-order valence-electron chi connectivity index (χ4n) is 1.75. The quantitative estimate of drug-likeness (QED) is 0.508. The zero-order chi connectivity index (χ0) is 10.4. The monoisotopic (exact) mass is 194 g/mol. The lowest BCUT2D eigenvalue weighted by Gasteiger charge is -2.26. The van der Waals surface area contributed by atoms with E-state index in [1.807, 2.05) is 24.3 Å². The molecule has 1 aliphatic carbocycles. The van der Waals surface area contributed by atoms with Gasteiger partial charge in [0, 0.05) is 0 Å². The molecular formula is C12H18O2. The molecule has 1 aliphatic rings. The lowest BCUT2D eigenvalue weighted by Crippen LogP contribution is -2.29. The predicted molar refractivity (Wildman–Crippen MR) is 56.9 cm³/mol. The molecule has 0 saturated heterocycles. The lowest BCUT2D eigenvalue weighted by molar-refractivity contribution is -0.147. The maximum atomic E-state index is 11.7. The Balaban J connectivity index is 2.78. The first-order valence-corrected chi connectivity index (χ1v) is 5.19. The van der Waals surface area contributed by atoms with Crippen molar-refractivity contribution in [2.75, 3.05) is 7.11 Å². The predicted octanol–water partition coefficient (Wildman–Crippen LogP) is 2.85. The van der Waals surface area contributed by atoms with E-state index in [1.165, 1.54) is 7.11 Å². The van der Waals surface area contributed by atoms with E-state index < -0.39 is 5.41 Å². The maximum Gasteiger partial charge on any atom is 0.319 e. The van der Waals surface area contributed by atoms with Crippen LogP contribution in [0.2, 0.25) is 0 Å². The summed E-state index contributed by atoms with van der Waals surface area (Å²) in [5, 5.41) is 0. The molecule has 0 bridgehead atoms. The van der Waals surface area contributed by atoms with Crippen molar-refractivity contribution in [1.29, 1.82) is 0 Å². The van der Waals surface area contributed by atoms with Crippen molar-refractivity contribution in [2.45, 2.75) is 32.6 Å². The fourth-order valence-corrected chi connectivity index (χ4v) is 1.75. The first-order chi connectivity index (χ1) is 6.75. The molecule has 0 spiro atoms. The number of ether oxygens (including phenoxy) is 1. The highest BCUT2D eigenvalue weighted by molar-refractivity contribution is 5.81. The summed E-state index contributed by atoms with van der Waals surface area (Å²) in [7, 11) is 1.45. The molecule has 0 radical (unpaired) electrons. The van der Waals surface area contributed by atoms with E-state index in [4.69, 9.17) is 4.74 Å². The zero-order valence-electron chi connectivity index (χ0n) is 8.95. The third-order valence-electron chi connectivity index (χ3n) is 2.61. The van der Waals surface area contributed by atoms with Gasteiger partial charge >= 0.3 is 5.97 Å². The Hall–Kier alpha value is -1.05. The van der Waals surface area contributed by atoms with Gasteiger partial charge in [-0.25, -0.2) is 0 Å². The van der Waals surface area contributed by atoms with Crippen LogP contribution < -0.4 is 0 Å². The number of unbranched alkanes of at least 4 members (excludes halogenated alkanes) is 1. The number of hydrogen-bond donors (Lipinski definition) is 0. The zero-order valence-corrected chi connectivity index (χ0v) is 8.95. The largest absolute Gasteiger partial charge is 0.468 e. The molecule has 78 valence electrons. The number of hydrogen-bond acceptors (Lipinski definition) is 2. The van der Waals surface area contributed by atoms with Crippen LogP contribution in [0.15, 0.2) is 24.3 Å². The molecule has 14 heavy (non-hydrogen) atoms. The average molecular weight is 194 g/mol. The van der Waals surface area contributed by atoms with Gasteiger partial charge in [-0.05, 0) is 12.8 Å². The second-order valence-electron chi connectivity index (χ2n) is 3.68.